The second kappa shape index (κ2) is 8.20. The SMILES string of the molecule is CCOC(=O)[C@H]1CC[C@@]2(C)[C@H](CC[C@@H]3[C@@H]2CC[C@]2(C)[C@@H]4[C@H](C[C@@H]32)O[C@]2(CC[C@H](C)CO2)[C@H]4C)C1. The first-order valence-corrected chi connectivity index (χ1v) is 14.7. The van der Waals surface area contributed by atoms with E-state index in [0.29, 0.717) is 47.2 Å². The average molecular weight is 473 g/mol. The summed E-state index contributed by atoms with van der Waals surface area (Å²) in [4.78, 5) is 12.5. The van der Waals surface area contributed by atoms with Gasteiger partial charge in [0, 0.05) is 12.3 Å². The second-order valence-corrected chi connectivity index (χ2v) is 13.9. The van der Waals surface area contributed by atoms with E-state index < -0.39 is 0 Å². The van der Waals surface area contributed by atoms with Crippen LogP contribution in [-0.2, 0) is 19.0 Å². The molecule has 0 N–H and O–H groups in total. The third-order valence-electron chi connectivity index (χ3n) is 12.6. The maximum absolute atomic E-state index is 12.5. The minimum atomic E-state index is -0.304. The Balaban J connectivity index is 1.20. The van der Waals surface area contributed by atoms with Crippen LogP contribution in [0.1, 0.15) is 98.8 Å². The number of esters is 1. The number of rotatable bonds is 2. The van der Waals surface area contributed by atoms with Gasteiger partial charge in [-0.05, 0) is 111 Å². The summed E-state index contributed by atoms with van der Waals surface area (Å²) in [6.45, 7) is 13.3. The molecule has 4 nitrogen and oxygen atoms in total. The monoisotopic (exact) mass is 472 g/mol. The van der Waals surface area contributed by atoms with Gasteiger partial charge in [-0.25, -0.2) is 0 Å². The Morgan fingerprint density at radius 1 is 0.941 bits per heavy atom. The van der Waals surface area contributed by atoms with Crippen LogP contribution in [0.4, 0.5) is 0 Å². The van der Waals surface area contributed by atoms with E-state index in [1.54, 1.807) is 0 Å². The van der Waals surface area contributed by atoms with Crippen molar-refractivity contribution in [2.24, 2.45) is 58.2 Å². The van der Waals surface area contributed by atoms with Crippen molar-refractivity contribution in [3.8, 4) is 0 Å². The molecule has 0 unspecified atom stereocenters. The van der Waals surface area contributed by atoms with Crippen LogP contribution in [0.15, 0.2) is 0 Å². The molecule has 0 amide bonds. The fourth-order valence-electron chi connectivity index (χ4n) is 10.7. The summed E-state index contributed by atoms with van der Waals surface area (Å²) < 4.78 is 18.8. The summed E-state index contributed by atoms with van der Waals surface area (Å²) in [6, 6.07) is 0. The van der Waals surface area contributed by atoms with Gasteiger partial charge in [0.05, 0.1) is 25.2 Å². The fourth-order valence-corrected chi connectivity index (χ4v) is 10.7. The summed E-state index contributed by atoms with van der Waals surface area (Å²) >= 11 is 0. The zero-order chi connectivity index (χ0) is 23.9. The van der Waals surface area contributed by atoms with E-state index in [1.807, 2.05) is 6.92 Å². The van der Waals surface area contributed by atoms with Gasteiger partial charge < -0.3 is 14.2 Å². The maximum Gasteiger partial charge on any atom is 0.308 e. The second-order valence-electron chi connectivity index (χ2n) is 13.9. The van der Waals surface area contributed by atoms with Gasteiger partial charge in [-0.3, -0.25) is 4.79 Å². The van der Waals surface area contributed by atoms with E-state index in [0.717, 1.165) is 43.6 Å². The quantitative estimate of drug-likeness (QED) is 0.424. The molecular weight excluding hydrogens is 424 g/mol. The predicted octanol–water partition coefficient (Wildman–Crippen LogP) is 6.61. The number of ether oxygens (including phenoxy) is 3. The molecule has 2 saturated heterocycles. The molecule has 4 heteroatoms. The van der Waals surface area contributed by atoms with Crippen LogP contribution >= 0.6 is 0 Å². The first kappa shape index (κ1) is 23.8. The first-order valence-electron chi connectivity index (χ1n) is 14.7. The average Bonchev–Trinajstić information content (AvgIpc) is 3.26. The lowest BCUT2D eigenvalue weighted by atomic mass is 9.44. The molecule has 0 aromatic heterocycles. The molecule has 0 aromatic rings. The minimum absolute atomic E-state index is 0.0610. The molecule has 12 atom stereocenters. The fraction of sp³-hybridized carbons (Fsp3) is 0.967. The highest BCUT2D eigenvalue weighted by atomic mass is 16.7. The smallest absolute Gasteiger partial charge is 0.308 e. The van der Waals surface area contributed by atoms with Crippen molar-refractivity contribution >= 4 is 5.97 Å². The normalized spacial score (nSPS) is 56.3. The molecular formula is C30H48O4. The Kier molecular flexibility index (Phi) is 5.73. The number of hydrogen-bond acceptors (Lipinski definition) is 4. The molecule has 4 aliphatic carbocycles. The molecule has 6 aliphatic rings. The zero-order valence-corrected chi connectivity index (χ0v) is 22.3. The lowest BCUT2D eigenvalue weighted by Gasteiger charge is -2.61. The van der Waals surface area contributed by atoms with Crippen LogP contribution in [0.2, 0.25) is 0 Å². The Bertz CT molecular complexity index is 802. The van der Waals surface area contributed by atoms with E-state index in [9.17, 15) is 4.79 Å². The molecule has 6 rings (SSSR count). The lowest BCUT2D eigenvalue weighted by Crippen LogP contribution is -2.55. The van der Waals surface area contributed by atoms with Gasteiger partial charge in [0.15, 0.2) is 5.79 Å². The third kappa shape index (κ3) is 3.25. The van der Waals surface area contributed by atoms with Crippen LogP contribution in [0, 0.1) is 58.2 Å². The van der Waals surface area contributed by atoms with Crippen molar-refractivity contribution in [3.05, 3.63) is 0 Å². The van der Waals surface area contributed by atoms with Gasteiger partial charge in [-0.15, -0.1) is 0 Å². The van der Waals surface area contributed by atoms with E-state index in [2.05, 4.69) is 27.7 Å². The van der Waals surface area contributed by atoms with Gasteiger partial charge in [0.2, 0.25) is 0 Å². The third-order valence-corrected chi connectivity index (χ3v) is 12.6. The molecule has 6 fully saturated rings. The summed E-state index contributed by atoms with van der Waals surface area (Å²) in [5.41, 5.74) is 0.799. The van der Waals surface area contributed by atoms with E-state index >= 15 is 0 Å². The van der Waals surface area contributed by atoms with Crippen LogP contribution < -0.4 is 0 Å². The number of carbonyl (C=O) groups is 1. The Morgan fingerprint density at radius 3 is 2.47 bits per heavy atom. The number of fused-ring (bicyclic) bond motifs is 7. The summed E-state index contributed by atoms with van der Waals surface area (Å²) in [6.07, 6.45) is 12.6. The Labute approximate surface area is 207 Å². The van der Waals surface area contributed by atoms with Gasteiger partial charge in [0.1, 0.15) is 0 Å². The predicted molar refractivity (Wildman–Crippen MR) is 132 cm³/mol. The molecule has 0 radical (unpaired) electrons. The molecule has 4 saturated carbocycles. The largest absolute Gasteiger partial charge is 0.466 e. The number of hydrogen-bond donors (Lipinski definition) is 0. The molecule has 0 aromatic carbocycles. The van der Waals surface area contributed by atoms with Crippen molar-refractivity contribution in [3.63, 3.8) is 0 Å². The highest BCUT2D eigenvalue weighted by Gasteiger charge is 2.69. The van der Waals surface area contributed by atoms with Crippen molar-refractivity contribution in [2.45, 2.75) is 111 Å². The zero-order valence-electron chi connectivity index (χ0n) is 22.3. The van der Waals surface area contributed by atoms with Crippen molar-refractivity contribution in [2.75, 3.05) is 13.2 Å². The van der Waals surface area contributed by atoms with Crippen LogP contribution in [0.3, 0.4) is 0 Å². The molecule has 34 heavy (non-hydrogen) atoms. The molecule has 192 valence electrons. The Morgan fingerprint density at radius 2 is 1.74 bits per heavy atom. The van der Waals surface area contributed by atoms with Gasteiger partial charge >= 0.3 is 5.97 Å². The van der Waals surface area contributed by atoms with Crippen LogP contribution in [-0.4, -0.2) is 31.1 Å². The van der Waals surface area contributed by atoms with Gasteiger partial charge in [0.25, 0.3) is 0 Å². The first-order chi connectivity index (χ1) is 16.2. The lowest BCUT2D eigenvalue weighted by molar-refractivity contribution is -0.273. The van der Waals surface area contributed by atoms with Crippen LogP contribution in [0.5, 0.6) is 0 Å². The molecule has 2 heterocycles. The Hall–Kier alpha value is -0.610. The van der Waals surface area contributed by atoms with E-state index in [-0.39, 0.29) is 17.7 Å². The summed E-state index contributed by atoms with van der Waals surface area (Å²) in [5, 5.41) is 0. The highest BCUT2D eigenvalue weighted by Crippen LogP contribution is 2.71. The molecule has 1 spiro atoms. The van der Waals surface area contributed by atoms with Crippen molar-refractivity contribution in [1.29, 1.82) is 0 Å². The maximum atomic E-state index is 12.5. The van der Waals surface area contributed by atoms with Gasteiger partial charge in [-0.1, -0.05) is 27.7 Å². The molecule has 0 bridgehead atoms. The minimum Gasteiger partial charge on any atom is -0.466 e. The summed E-state index contributed by atoms with van der Waals surface area (Å²) in [7, 11) is 0. The van der Waals surface area contributed by atoms with Crippen LogP contribution in [0.25, 0.3) is 0 Å². The standard InChI is InChI=1S/C30H48O4/c1-6-32-27(31)20-10-12-28(4)21(15-20)7-8-22-23(28)11-13-29(5)24(22)16-25-26(29)19(3)30(34-25)14-9-18(2)17-33-30/h18-26H,6-17H2,1-5H3/t18-,19-,20-,21+,22+,23-,24-,25-,26-,28-,29-,30+/m0/s1. The number of carbonyl (C=O) groups excluding carboxylic acids is 1. The van der Waals surface area contributed by atoms with Gasteiger partial charge in [-0.2, -0.15) is 0 Å². The van der Waals surface area contributed by atoms with Crippen molar-refractivity contribution < 1.29 is 19.0 Å². The highest BCUT2D eigenvalue weighted by molar-refractivity contribution is 5.72. The van der Waals surface area contributed by atoms with Crippen molar-refractivity contribution in [1.82, 2.24) is 0 Å². The summed E-state index contributed by atoms with van der Waals surface area (Å²) in [5.74, 6) is 4.86. The molecule has 2 aliphatic heterocycles. The van der Waals surface area contributed by atoms with E-state index in [4.69, 9.17) is 14.2 Å². The van der Waals surface area contributed by atoms with E-state index in [1.165, 1.54) is 44.9 Å². The topological polar surface area (TPSA) is 44.8 Å².